The molecule has 0 rings (SSSR count). The molecule has 0 aromatic heterocycles. The first-order valence-corrected chi connectivity index (χ1v) is 8.34. The normalized spacial score (nSPS) is 12.2. The summed E-state index contributed by atoms with van der Waals surface area (Å²) in [5, 5.41) is 0. The molecule has 5 nitrogen and oxygen atoms in total. The van der Waals surface area contributed by atoms with Crippen LogP contribution >= 0.6 is 0 Å². The zero-order valence-electron chi connectivity index (χ0n) is 14.6. The van der Waals surface area contributed by atoms with E-state index < -0.39 is 11.9 Å². The van der Waals surface area contributed by atoms with Crippen LogP contribution in [0, 0.1) is 11.8 Å². The van der Waals surface area contributed by atoms with Gasteiger partial charge in [0.1, 0.15) is 13.2 Å². The quantitative estimate of drug-likeness (QED) is 0.488. The van der Waals surface area contributed by atoms with E-state index in [9.17, 15) is 9.59 Å². The molecule has 0 bridgehead atoms. The van der Waals surface area contributed by atoms with Crippen LogP contribution in [0.25, 0.3) is 0 Å². The van der Waals surface area contributed by atoms with Gasteiger partial charge in [-0.1, -0.05) is 47.0 Å². The molecule has 0 aromatic rings. The minimum atomic E-state index is -0.451. The van der Waals surface area contributed by atoms with Crippen LogP contribution in [0.3, 0.4) is 0 Å². The van der Waals surface area contributed by atoms with Gasteiger partial charge in [-0.05, 0) is 24.7 Å². The monoisotopic (exact) mass is 316 g/mol. The van der Waals surface area contributed by atoms with Gasteiger partial charge in [-0.2, -0.15) is 0 Å². The van der Waals surface area contributed by atoms with Gasteiger partial charge in [-0.25, -0.2) is 9.59 Å². The van der Waals surface area contributed by atoms with Gasteiger partial charge in [0.05, 0.1) is 13.2 Å². The summed E-state index contributed by atoms with van der Waals surface area (Å²) in [5.41, 5.74) is 0. The number of esters is 2. The van der Waals surface area contributed by atoms with Crippen LogP contribution in [-0.2, 0) is 23.8 Å². The molecule has 0 saturated heterocycles. The van der Waals surface area contributed by atoms with Crippen LogP contribution in [0.5, 0.6) is 0 Å². The third-order valence-electron chi connectivity index (χ3n) is 3.26. The van der Waals surface area contributed by atoms with Crippen LogP contribution < -0.4 is 0 Å². The van der Waals surface area contributed by atoms with E-state index in [0.29, 0.717) is 19.1 Å². The number of carbonyl (C=O) groups is 2. The lowest BCUT2D eigenvalue weighted by Gasteiger charge is -2.12. The van der Waals surface area contributed by atoms with Crippen molar-refractivity contribution in [3.05, 3.63) is 0 Å². The summed E-state index contributed by atoms with van der Waals surface area (Å²) in [6.07, 6.45) is 5.25. The smallest absolute Gasteiger partial charge is 0.332 e. The number of ether oxygens (including phenoxy) is 3. The zero-order chi connectivity index (χ0) is 16.8. The molecular weight excluding hydrogens is 284 g/mol. The lowest BCUT2D eigenvalue weighted by atomic mass is 9.98. The van der Waals surface area contributed by atoms with Crippen molar-refractivity contribution in [1.82, 2.24) is 0 Å². The van der Waals surface area contributed by atoms with Crippen LogP contribution in [0.2, 0.25) is 0 Å². The van der Waals surface area contributed by atoms with Crippen molar-refractivity contribution in [2.24, 2.45) is 11.8 Å². The standard InChI is InChI=1S/C17H32O5/c1-5-10-21-16(18)12-20-13-17(19)22-11-9-15(4)8-6-7-14(2)3/h14-15H,5-13H2,1-4H3. The Balaban J connectivity index is 3.51. The van der Waals surface area contributed by atoms with Gasteiger partial charge in [0.2, 0.25) is 0 Å². The fraction of sp³-hybridized carbons (Fsp3) is 0.882. The summed E-state index contributed by atoms with van der Waals surface area (Å²) in [6, 6.07) is 0. The van der Waals surface area contributed by atoms with E-state index in [1.165, 1.54) is 12.8 Å². The summed E-state index contributed by atoms with van der Waals surface area (Å²) in [6.45, 7) is 8.91. The molecule has 0 radical (unpaired) electrons. The Morgan fingerprint density at radius 2 is 1.45 bits per heavy atom. The molecular formula is C17H32O5. The summed E-state index contributed by atoms with van der Waals surface area (Å²) in [7, 11) is 0. The Kier molecular flexibility index (Phi) is 12.9. The zero-order valence-corrected chi connectivity index (χ0v) is 14.6. The fourth-order valence-electron chi connectivity index (χ4n) is 1.91. The second-order valence-corrected chi connectivity index (χ2v) is 6.15. The third kappa shape index (κ3) is 13.9. The maximum absolute atomic E-state index is 11.4. The lowest BCUT2D eigenvalue weighted by Crippen LogP contribution is -2.19. The molecule has 0 N–H and O–H groups in total. The van der Waals surface area contributed by atoms with Crippen LogP contribution in [-0.4, -0.2) is 38.4 Å². The molecule has 0 aromatic carbocycles. The van der Waals surface area contributed by atoms with Gasteiger partial charge in [0.15, 0.2) is 0 Å². The molecule has 0 heterocycles. The van der Waals surface area contributed by atoms with E-state index in [4.69, 9.17) is 14.2 Å². The molecule has 0 aliphatic heterocycles. The Morgan fingerprint density at radius 1 is 0.864 bits per heavy atom. The van der Waals surface area contributed by atoms with Crippen molar-refractivity contribution < 1.29 is 23.8 Å². The highest BCUT2D eigenvalue weighted by Gasteiger charge is 2.08. The Labute approximate surface area is 134 Å². The SMILES string of the molecule is CCCOC(=O)COCC(=O)OCCC(C)CCCC(C)C. The summed E-state index contributed by atoms with van der Waals surface area (Å²) < 4.78 is 14.9. The number of carbonyl (C=O) groups excluding carboxylic acids is 2. The molecule has 130 valence electrons. The summed E-state index contributed by atoms with van der Waals surface area (Å²) >= 11 is 0. The van der Waals surface area contributed by atoms with E-state index in [-0.39, 0.29) is 13.2 Å². The fourth-order valence-corrected chi connectivity index (χ4v) is 1.91. The van der Waals surface area contributed by atoms with E-state index in [2.05, 4.69) is 20.8 Å². The van der Waals surface area contributed by atoms with Crippen molar-refractivity contribution in [2.75, 3.05) is 26.4 Å². The van der Waals surface area contributed by atoms with Crippen molar-refractivity contribution in [3.8, 4) is 0 Å². The predicted molar refractivity (Wildman–Crippen MR) is 85.5 cm³/mol. The van der Waals surface area contributed by atoms with Crippen LogP contribution in [0.4, 0.5) is 0 Å². The summed E-state index contributed by atoms with van der Waals surface area (Å²) in [4.78, 5) is 22.6. The van der Waals surface area contributed by atoms with Crippen LogP contribution in [0.1, 0.15) is 59.8 Å². The molecule has 22 heavy (non-hydrogen) atoms. The highest BCUT2D eigenvalue weighted by Crippen LogP contribution is 2.15. The second kappa shape index (κ2) is 13.6. The van der Waals surface area contributed by atoms with Gasteiger partial charge in [0.25, 0.3) is 0 Å². The maximum Gasteiger partial charge on any atom is 0.332 e. The Hall–Kier alpha value is -1.10. The van der Waals surface area contributed by atoms with E-state index in [1.807, 2.05) is 6.92 Å². The topological polar surface area (TPSA) is 61.8 Å². The van der Waals surface area contributed by atoms with Gasteiger partial charge in [-0.3, -0.25) is 0 Å². The molecule has 0 saturated carbocycles. The van der Waals surface area contributed by atoms with E-state index in [0.717, 1.165) is 25.2 Å². The first kappa shape index (κ1) is 20.9. The summed E-state index contributed by atoms with van der Waals surface area (Å²) in [5.74, 6) is 0.411. The first-order valence-electron chi connectivity index (χ1n) is 8.34. The van der Waals surface area contributed by atoms with Gasteiger partial charge >= 0.3 is 11.9 Å². The predicted octanol–water partition coefficient (Wildman–Crippen LogP) is 3.35. The van der Waals surface area contributed by atoms with Crippen molar-refractivity contribution in [2.45, 2.75) is 59.8 Å². The van der Waals surface area contributed by atoms with Gasteiger partial charge < -0.3 is 14.2 Å². The highest BCUT2D eigenvalue weighted by atomic mass is 16.6. The van der Waals surface area contributed by atoms with E-state index >= 15 is 0 Å². The second-order valence-electron chi connectivity index (χ2n) is 6.15. The minimum absolute atomic E-state index is 0.205. The number of hydrogen-bond acceptors (Lipinski definition) is 5. The molecule has 1 atom stereocenters. The van der Waals surface area contributed by atoms with Crippen molar-refractivity contribution >= 4 is 11.9 Å². The molecule has 0 spiro atoms. The average molecular weight is 316 g/mol. The maximum atomic E-state index is 11.4. The lowest BCUT2D eigenvalue weighted by molar-refractivity contribution is -0.155. The molecule has 0 fully saturated rings. The van der Waals surface area contributed by atoms with Crippen LogP contribution in [0.15, 0.2) is 0 Å². The Bertz CT molecular complexity index is 301. The largest absolute Gasteiger partial charge is 0.464 e. The van der Waals surface area contributed by atoms with Crippen molar-refractivity contribution in [1.29, 1.82) is 0 Å². The molecule has 0 aliphatic carbocycles. The molecule has 0 amide bonds. The first-order chi connectivity index (χ1) is 10.5. The third-order valence-corrected chi connectivity index (χ3v) is 3.26. The molecule has 1 unspecified atom stereocenters. The average Bonchev–Trinajstić information content (AvgIpc) is 2.44. The molecule has 5 heteroatoms. The molecule has 0 aliphatic rings. The van der Waals surface area contributed by atoms with Gasteiger partial charge in [0, 0.05) is 0 Å². The number of hydrogen-bond donors (Lipinski definition) is 0. The highest BCUT2D eigenvalue weighted by molar-refractivity contribution is 5.73. The Morgan fingerprint density at radius 3 is 2.00 bits per heavy atom. The minimum Gasteiger partial charge on any atom is -0.464 e. The van der Waals surface area contributed by atoms with E-state index in [1.54, 1.807) is 0 Å². The number of rotatable bonds is 13. The van der Waals surface area contributed by atoms with Crippen molar-refractivity contribution in [3.63, 3.8) is 0 Å². The van der Waals surface area contributed by atoms with Gasteiger partial charge in [-0.15, -0.1) is 0 Å².